The molecule has 8 heteroatoms. The second-order valence-corrected chi connectivity index (χ2v) is 9.07. The maximum Gasteiger partial charge on any atom is 0.249 e. The topological polar surface area (TPSA) is 85.2 Å². The first-order valence-electron chi connectivity index (χ1n) is 12.4. The van der Waals surface area contributed by atoms with Crippen LogP contribution < -0.4 is 5.32 Å². The first kappa shape index (κ1) is 24.5. The van der Waals surface area contributed by atoms with Gasteiger partial charge in [0.1, 0.15) is 19.3 Å². The number of nitrogens with one attached hydrogen (secondary N) is 1. The molecule has 1 saturated heterocycles. The third-order valence-electron chi connectivity index (χ3n) is 6.67. The van der Waals surface area contributed by atoms with E-state index in [1.54, 1.807) is 0 Å². The number of ether oxygens (including phenoxy) is 1. The monoisotopic (exact) mass is 498 g/mol. The lowest BCUT2D eigenvalue weighted by atomic mass is 10.1. The Hall–Kier alpha value is -4.17. The summed E-state index contributed by atoms with van der Waals surface area (Å²) < 4.78 is 7.30. The summed E-state index contributed by atoms with van der Waals surface area (Å²) in [7, 11) is 1.46. The number of para-hydroxylation sites is 1. The van der Waals surface area contributed by atoms with Crippen molar-refractivity contribution in [3.63, 3.8) is 0 Å². The smallest absolute Gasteiger partial charge is 0.249 e. The minimum Gasteiger partial charge on any atom is -0.391 e. The minimum atomic E-state index is -0.700. The zero-order valence-corrected chi connectivity index (χ0v) is 21.0. The van der Waals surface area contributed by atoms with Crippen LogP contribution in [-0.4, -0.2) is 53.3 Å². The third-order valence-corrected chi connectivity index (χ3v) is 6.67. The van der Waals surface area contributed by atoms with E-state index in [1.807, 2.05) is 60.7 Å². The summed E-state index contributed by atoms with van der Waals surface area (Å²) in [6.45, 7) is 3.40. The van der Waals surface area contributed by atoms with Gasteiger partial charge in [0.2, 0.25) is 11.8 Å². The second kappa shape index (κ2) is 10.8. The number of oxime groups is 1. The lowest BCUT2D eigenvalue weighted by Gasteiger charge is -2.23. The molecule has 190 valence electrons. The van der Waals surface area contributed by atoms with Crippen LogP contribution in [-0.2, 0) is 32.3 Å². The van der Waals surface area contributed by atoms with Crippen LogP contribution in [0.4, 0.5) is 5.69 Å². The van der Waals surface area contributed by atoms with Crippen molar-refractivity contribution in [3.05, 3.63) is 78.4 Å². The third kappa shape index (κ3) is 5.06. The Labute approximate surface area is 215 Å². The van der Waals surface area contributed by atoms with Gasteiger partial charge in [0.25, 0.3) is 0 Å². The van der Waals surface area contributed by atoms with Crippen molar-refractivity contribution in [2.75, 3.05) is 25.6 Å². The number of hydrogen-bond donors (Lipinski definition) is 1. The highest BCUT2D eigenvalue weighted by atomic mass is 16.6. The number of carbonyl (C=O) groups is 2. The maximum absolute atomic E-state index is 13.4. The highest BCUT2D eigenvalue weighted by Crippen LogP contribution is 2.31. The lowest BCUT2D eigenvalue weighted by Crippen LogP contribution is -2.44. The molecule has 1 aromatic heterocycles. The largest absolute Gasteiger partial charge is 0.391 e. The highest BCUT2D eigenvalue weighted by Gasteiger charge is 2.38. The van der Waals surface area contributed by atoms with Crippen molar-refractivity contribution >= 4 is 45.0 Å². The molecule has 0 unspecified atom stereocenters. The number of aryl methyl sites for hydroxylation is 1. The molecule has 0 spiro atoms. The second-order valence-electron chi connectivity index (χ2n) is 9.07. The van der Waals surface area contributed by atoms with Crippen molar-refractivity contribution in [2.45, 2.75) is 32.5 Å². The number of benzene rings is 3. The summed E-state index contributed by atoms with van der Waals surface area (Å²) in [4.78, 5) is 33.2. The molecule has 1 aliphatic rings. The van der Waals surface area contributed by atoms with Crippen molar-refractivity contribution in [2.24, 2.45) is 5.16 Å². The predicted octanol–water partition coefficient (Wildman–Crippen LogP) is 4.57. The molecule has 4 aromatic rings. The molecule has 37 heavy (non-hydrogen) atoms. The Morgan fingerprint density at radius 2 is 1.76 bits per heavy atom. The first-order valence-corrected chi connectivity index (χ1v) is 12.4. The Balaban J connectivity index is 1.35. The number of likely N-dealkylation sites (tertiary alicyclic amines) is 1. The SMILES string of the molecule is CCn1c2ccccc2c2cc(NC(=O)[C@@H]3C/C(=N\OCc4ccccc4)CN3C(=O)COC)ccc21. The molecule has 0 saturated carbocycles. The summed E-state index contributed by atoms with van der Waals surface area (Å²) in [5, 5.41) is 9.47. The van der Waals surface area contributed by atoms with E-state index in [-0.39, 0.29) is 25.0 Å². The molecule has 0 bridgehead atoms. The molecular weight excluding hydrogens is 468 g/mol. The van der Waals surface area contributed by atoms with Crippen LogP contribution in [0.25, 0.3) is 21.8 Å². The molecule has 0 radical (unpaired) electrons. The van der Waals surface area contributed by atoms with Crippen molar-refractivity contribution in [1.82, 2.24) is 9.47 Å². The van der Waals surface area contributed by atoms with Crippen molar-refractivity contribution in [1.29, 1.82) is 0 Å². The van der Waals surface area contributed by atoms with Gasteiger partial charge in [-0.15, -0.1) is 0 Å². The number of anilines is 1. The van der Waals surface area contributed by atoms with Crippen LogP contribution in [0.2, 0.25) is 0 Å². The van der Waals surface area contributed by atoms with Gasteiger partial charge >= 0.3 is 0 Å². The van der Waals surface area contributed by atoms with Crippen molar-refractivity contribution in [3.8, 4) is 0 Å². The lowest BCUT2D eigenvalue weighted by molar-refractivity contribution is -0.139. The Morgan fingerprint density at radius 3 is 2.54 bits per heavy atom. The Kier molecular flexibility index (Phi) is 7.18. The van der Waals surface area contributed by atoms with Gasteiger partial charge < -0.3 is 24.4 Å². The number of amides is 2. The van der Waals surface area contributed by atoms with Gasteiger partial charge in [0.05, 0.1) is 12.3 Å². The molecule has 2 heterocycles. The predicted molar refractivity (Wildman–Crippen MR) is 144 cm³/mol. The molecule has 1 aliphatic heterocycles. The van der Waals surface area contributed by atoms with Crippen LogP contribution in [0.15, 0.2) is 78.0 Å². The van der Waals surface area contributed by atoms with Gasteiger partial charge in [0, 0.05) is 47.6 Å². The van der Waals surface area contributed by atoms with E-state index in [1.165, 1.54) is 12.0 Å². The van der Waals surface area contributed by atoms with Gasteiger partial charge in [-0.1, -0.05) is 53.7 Å². The zero-order valence-electron chi connectivity index (χ0n) is 21.0. The van der Waals surface area contributed by atoms with E-state index >= 15 is 0 Å². The molecule has 1 fully saturated rings. The normalized spacial score (nSPS) is 16.5. The number of fused-ring (bicyclic) bond motifs is 3. The molecule has 0 aliphatic carbocycles. The van der Waals surface area contributed by atoms with E-state index < -0.39 is 6.04 Å². The molecule has 1 atom stereocenters. The van der Waals surface area contributed by atoms with Crippen LogP contribution in [0.5, 0.6) is 0 Å². The van der Waals surface area contributed by atoms with Crippen LogP contribution in [0.3, 0.4) is 0 Å². The summed E-state index contributed by atoms with van der Waals surface area (Å²) in [6, 6.07) is 23.2. The quantitative estimate of drug-likeness (QED) is 0.361. The summed E-state index contributed by atoms with van der Waals surface area (Å²) >= 11 is 0. The van der Waals surface area contributed by atoms with E-state index in [0.29, 0.717) is 24.4 Å². The standard InChI is InChI=1S/C29H30N4O4/c1-3-32-25-12-8-7-11-23(25)24-15-21(13-14-26(24)32)30-29(35)27-16-22(17-33(27)28(34)19-36-2)31-37-18-20-9-5-4-6-10-20/h4-15,27H,3,16-19H2,1-2H3,(H,30,35)/b31-22+/t27-/m0/s1. The number of rotatable bonds is 8. The van der Waals surface area contributed by atoms with Crippen LogP contribution in [0, 0.1) is 0 Å². The van der Waals surface area contributed by atoms with E-state index in [0.717, 1.165) is 33.9 Å². The number of hydrogen-bond acceptors (Lipinski definition) is 5. The first-order chi connectivity index (χ1) is 18.1. The molecule has 1 N–H and O–H groups in total. The number of carbonyl (C=O) groups excluding carboxylic acids is 2. The van der Waals surface area contributed by atoms with Gasteiger partial charge in [-0.05, 0) is 36.8 Å². The summed E-state index contributed by atoms with van der Waals surface area (Å²) in [6.07, 6.45) is 0.299. The highest BCUT2D eigenvalue weighted by molar-refractivity contribution is 6.11. The average Bonchev–Trinajstić information content (AvgIpc) is 3.49. The van der Waals surface area contributed by atoms with Crippen molar-refractivity contribution < 1.29 is 19.2 Å². The number of aromatic nitrogens is 1. The van der Waals surface area contributed by atoms with Gasteiger partial charge in [-0.3, -0.25) is 9.59 Å². The molecule has 8 nitrogen and oxygen atoms in total. The average molecular weight is 499 g/mol. The van der Waals surface area contributed by atoms with Crippen LogP contribution >= 0.6 is 0 Å². The number of methoxy groups -OCH3 is 1. The Morgan fingerprint density at radius 1 is 1.00 bits per heavy atom. The van der Waals surface area contributed by atoms with E-state index in [9.17, 15) is 9.59 Å². The molecular formula is C29H30N4O4. The summed E-state index contributed by atoms with van der Waals surface area (Å²) in [5.74, 6) is -0.534. The van der Waals surface area contributed by atoms with E-state index in [4.69, 9.17) is 9.57 Å². The summed E-state index contributed by atoms with van der Waals surface area (Å²) in [5.41, 5.74) is 4.59. The fourth-order valence-electron chi connectivity index (χ4n) is 4.94. The van der Waals surface area contributed by atoms with Gasteiger partial charge in [0.15, 0.2) is 0 Å². The molecule has 5 rings (SSSR count). The fourth-order valence-corrected chi connectivity index (χ4v) is 4.94. The van der Waals surface area contributed by atoms with Gasteiger partial charge in [-0.25, -0.2) is 0 Å². The van der Waals surface area contributed by atoms with Crippen LogP contribution in [0.1, 0.15) is 18.9 Å². The minimum absolute atomic E-state index is 0.107. The zero-order chi connectivity index (χ0) is 25.8. The molecule has 3 aromatic carbocycles. The number of nitrogens with zero attached hydrogens (tertiary/aromatic N) is 3. The Bertz CT molecular complexity index is 1460. The van der Waals surface area contributed by atoms with E-state index in [2.05, 4.69) is 34.1 Å². The fraction of sp³-hybridized carbons (Fsp3) is 0.276. The van der Waals surface area contributed by atoms with Gasteiger partial charge in [-0.2, -0.15) is 0 Å². The molecule has 2 amide bonds. The maximum atomic E-state index is 13.4.